The smallest absolute Gasteiger partial charge is 0.276 e. The van der Waals surface area contributed by atoms with Gasteiger partial charge in [-0.2, -0.15) is 4.98 Å². The number of carbonyl (C=O) groups excluding carboxylic acids is 1. The molecule has 1 N–H and O–H groups in total. The average Bonchev–Trinajstić information content (AvgIpc) is 2.97. The molecule has 3 aromatic rings. The van der Waals surface area contributed by atoms with Gasteiger partial charge < -0.3 is 4.74 Å². The first-order valence-corrected chi connectivity index (χ1v) is 8.78. The minimum Gasteiger partial charge on any atom is -0.473 e. The average molecular weight is 395 g/mol. The predicted octanol–water partition coefficient (Wildman–Crippen LogP) is 4.38. The minimum atomic E-state index is -0.439. The Kier molecular flexibility index (Phi) is 5.47. The van der Waals surface area contributed by atoms with E-state index in [9.17, 15) is 4.79 Å². The van der Waals surface area contributed by atoms with Crippen LogP contribution >= 0.6 is 34.5 Å². The standard InChI is InChI=1S/C16H12Cl2N4O2S/c1-9-8-25-16(19-9)22-14(23)12-6-13(21-15(18)20-12)24-7-10-3-2-4-11(17)5-10/h2-6,8H,7H2,1H3,(H,19,22,23). The highest BCUT2D eigenvalue weighted by molar-refractivity contribution is 7.13. The highest BCUT2D eigenvalue weighted by Gasteiger charge is 2.14. The van der Waals surface area contributed by atoms with E-state index in [2.05, 4.69) is 20.3 Å². The van der Waals surface area contributed by atoms with Gasteiger partial charge in [-0.1, -0.05) is 23.7 Å². The molecule has 6 nitrogen and oxygen atoms in total. The monoisotopic (exact) mass is 394 g/mol. The number of amides is 1. The molecule has 0 saturated heterocycles. The van der Waals surface area contributed by atoms with Crippen molar-refractivity contribution in [2.75, 3.05) is 5.32 Å². The molecular weight excluding hydrogens is 383 g/mol. The third-order valence-corrected chi connectivity index (χ3v) is 4.30. The van der Waals surface area contributed by atoms with E-state index in [4.69, 9.17) is 27.9 Å². The number of nitrogens with zero attached hydrogens (tertiary/aromatic N) is 3. The number of rotatable bonds is 5. The summed E-state index contributed by atoms with van der Waals surface area (Å²) >= 11 is 13.2. The molecule has 0 bridgehead atoms. The summed E-state index contributed by atoms with van der Waals surface area (Å²) < 4.78 is 5.59. The molecule has 0 aliphatic rings. The number of aryl methyl sites for hydroxylation is 1. The van der Waals surface area contributed by atoms with Crippen LogP contribution in [0.3, 0.4) is 0 Å². The lowest BCUT2D eigenvalue weighted by molar-refractivity contribution is 0.102. The molecule has 0 spiro atoms. The van der Waals surface area contributed by atoms with E-state index in [0.717, 1.165) is 11.3 Å². The number of benzene rings is 1. The first-order chi connectivity index (χ1) is 12.0. The Morgan fingerprint density at radius 1 is 1.24 bits per heavy atom. The van der Waals surface area contributed by atoms with E-state index >= 15 is 0 Å². The number of thiazole rings is 1. The molecule has 3 rings (SSSR count). The van der Waals surface area contributed by atoms with Crippen LogP contribution in [-0.4, -0.2) is 20.9 Å². The maximum atomic E-state index is 12.3. The Morgan fingerprint density at radius 2 is 2.08 bits per heavy atom. The largest absolute Gasteiger partial charge is 0.473 e. The summed E-state index contributed by atoms with van der Waals surface area (Å²) in [5.41, 5.74) is 1.78. The van der Waals surface area contributed by atoms with Crippen molar-refractivity contribution in [3.8, 4) is 5.88 Å². The highest BCUT2D eigenvalue weighted by atomic mass is 35.5. The van der Waals surface area contributed by atoms with Crippen LogP contribution in [0.15, 0.2) is 35.7 Å². The number of carbonyl (C=O) groups is 1. The van der Waals surface area contributed by atoms with Crippen LogP contribution in [0, 0.1) is 6.92 Å². The summed E-state index contributed by atoms with van der Waals surface area (Å²) in [7, 11) is 0. The Hall–Kier alpha value is -2.22. The van der Waals surface area contributed by atoms with E-state index in [0.29, 0.717) is 10.2 Å². The minimum absolute atomic E-state index is 0.0796. The summed E-state index contributed by atoms with van der Waals surface area (Å²) in [5.74, 6) is -0.244. The first-order valence-electron chi connectivity index (χ1n) is 7.15. The van der Waals surface area contributed by atoms with Gasteiger partial charge in [-0.15, -0.1) is 11.3 Å². The molecule has 1 amide bonds. The second kappa shape index (κ2) is 7.77. The number of nitrogens with one attached hydrogen (secondary N) is 1. The molecule has 0 unspecified atom stereocenters. The molecule has 0 fully saturated rings. The molecule has 0 aliphatic carbocycles. The summed E-state index contributed by atoms with van der Waals surface area (Å²) in [4.78, 5) is 24.3. The van der Waals surface area contributed by atoms with Crippen molar-refractivity contribution in [2.45, 2.75) is 13.5 Å². The van der Waals surface area contributed by atoms with Crippen LogP contribution in [0.5, 0.6) is 5.88 Å². The van der Waals surface area contributed by atoms with Crippen molar-refractivity contribution in [2.24, 2.45) is 0 Å². The Bertz CT molecular complexity index is 917. The third kappa shape index (κ3) is 4.88. The molecule has 0 atom stereocenters. The zero-order valence-corrected chi connectivity index (χ0v) is 15.3. The number of aromatic nitrogens is 3. The number of ether oxygens (including phenoxy) is 1. The van der Waals surface area contributed by atoms with Crippen molar-refractivity contribution in [3.05, 3.63) is 63.0 Å². The van der Waals surface area contributed by atoms with Crippen molar-refractivity contribution in [3.63, 3.8) is 0 Å². The van der Waals surface area contributed by atoms with E-state index in [1.165, 1.54) is 17.4 Å². The highest BCUT2D eigenvalue weighted by Crippen LogP contribution is 2.19. The fraction of sp³-hybridized carbons (Fsp3) is 0.125. The van der Waals surface area contributed by atoms with E-state index in [1.807, 2.05) is 24.4 Å². The van der Waals surface area contributed by atoms with Gasteiger partial charge in [0.05, 0.1) is 5.69 Å². The molecule has 0 radical (unpaired) electrons. The molecule has 128 valence electrons. The molecular formula is C16H12Cl2N4O2S. The summed E-state index contributed by atoms with van der Waals surface area (Å²) in [6.07, 6.45) is 0. The van der Waals surface area contributed by atoms with Gasteiger partial charge in [-0.25, -0.2) is 9.97 Å². The van der Waals surface area contributed by atoms with Gasteiger partial charge in [0.2, 0.25) is 11.2 Å². The third-order valence-electron chi connectivity index (χ3n) is 3.02. The van der Waals surface area contributed by atoms with Gasteiger partial charge in [0, 0.05) is 16.5 Å². The van der Waals surface area contributed by atoms with E-state index < -0.39 is 5.91 Å². The van der Waals surface area contributed by atoms with Crippen molar-refractivity contribution in [1.82, 2.24) is 15.0 Å². The quantitative estimate of drug-likeness (QED) is 0.649. The van der Waals surface area contributed by atoms with Crippen molar-refractivity contribution >= 4 is 45.6 Å². The second-order valence-corrected chi connectivity index (χ2v) is 6.66. The van der Waals surface area contributed by atoms with E-state index in [1.54, 1.807) is 12.1 Å². The number of halogens is 2. The molecule has 0 saturated carbocycles. The lowest BCUT2D eigenvalue weighted by atomic mass is 10.2. The molecule has 9 heteroatoms. The van der Waals surface area contributed by atoms with Crippen molar-refractivity contribution < 1.29 is 9.53 Å². The molecule has 2 aromatic heterocycles. The first kappa shape index (κ1) is 17.6. The lowest BCUT2D eigenvalue weighted by Crippen LogP contribution is -2.14. The van der Waals surface area contributed by atoms with Crippen LogP contribution in [0.2, 0.25) is 10.3 Å². The summed E-state index contributed by atoms with van der Waals surface area (Å²) in [5, 5.41) is 5.51. The van der Waals surface area contributed by atoms with E-state index in [-0.39, 0.29) is 23.5 Å². The van der Waals surface area contributed by atoms with Crippen LogP contribution in [0.1, 0.15) is 21.7 Å². The maximum Gasteiger partial charge on any atom is 0.276 e. The maximum absolute atomic E-state index is 12.3. The fourth-order valence-electron chi connectivity index (χ4n) is 1.94. The van der Waals surface area contributed by atoms with Crippen LogP contribution in [0.4, 0.5) is 5.13 Å². The number of hydrogen-bond acceptors (Lipinski definition) is 6. The molecule has 0 aliphatic heterocycles. The van der Waals surface area contributed by atoms with Gasteiger partial charge in [-0.05, 0) is 36.2 Å². The van der Waals surface area contributed by atoms with Gasteiger partial charge in [0.1, 0.15) is 12.3 Å². The van der Waals surface area contributed by atoms with Gasteiger partial charge in [0.25, 0.3) is 5.91 Å². The topological polar surface area (TPSA) is 77.0 Å². The normalized spacial score (nSPS) is 10.5. The number of hydrogen-bond donors (Lipinski definition) is 1. The lowest BCUT2D eigenvalue weighted by Gasteiger charge is -2.08. The van der Waals surface area contributed by atoms with Crippen molar-refractivity contribution in [1.29, 1.82) is 0 Å². The zero-order valence-electron chi connectivity index (χ0n) is 13.0. The van der Waals surface area contributed by atoms with Crippen LogP contribution in [0.25, 0.3) is 0 Å². The number of anilines is 1. The molecule has 1 aromatic carbocycles. The van der Waals surface area contributed by atoms with Crippen LogP contribution < -0.4 is 10.1 Å². The zero-order chi connectivity index (χ0) is 17.8. The summed E-state index contributed by atoms with van der Waals surface area (Å²) in [6.45, 7) is 2.08. The van der Waals surface area contributed by atoms with Gasteiger partial charge >= 0.3 is 0 Å². The molecule has 2 heterocycles. The fourth-order valence-corrected chi connectivity index (χ4v) is 3.01. The van der Waals surface area contributed by atoms with Gasteiger partial charge in [0.15, 0.2) is 5.13 Å². The van der Waals surface area contributed by atoms with Crippen LogP contribution in [-0.2, 0) is 6.61 Å². The molecule has 25 heavy (non-hydrogen) atoms. The predicted molar refractivity (Wildman–Crippen MR) is 97.6 cm³/mol. The Labute approximate surface area is 157 Å². The van der Waals surface area contributed by atoms with Gasteiger partial charge in [-0.3, -0.25) is 10.1 Å². The summed E-state index contributed by atoms with van der Waals surface area (Å²) in [6, 6.07) is 8.67. The Morgan fingerprint density at radius 3 is 2.80 bits per heavy atom. The Balaban J connectivity index is 1.72. The second-order valence-electron chi connectivity index (χ2n) is 5.03. The SMILES string of the molecule is Cc1csc(NC(=O)c2cc(OCc3cccc(Cl)c3)nc(Cl)n2)n1.